The summed E-state index contributed by atoms with van der Waals surface area (Å²) in [6.07, 6.45) is 0.770. The molecule has 0 aliphatic carbocycles. The molecule has 65 valence electrons. The van der Waals surface area contributed by atoms with Crippen molar-refractivity contribution in [1.29, 1.82) is 0 Å². The summed E-state index contributed by atoms with van der Waals surface area (Å²) in [6.45, 7) is 3.22. The van der Waals surface area contributed by atoms with Crippen molar-refractivity contribution in [2.75, 3.05) is 13.2 Å². The first kappa shape index (κ1) is 14.1. The largest absolute Gasteiger partial charge is 0.463 e. The Morgan fingerprint density at radius 1 is 1.25 bits per heavy atom. The molecule has 12 heavy (non-hydrogen) atoms. The van der Waals surface area contributed by atoms with Gasteiger partial charge in [-0.3, -0.25) is 4.79 Å². The predicted octanol–water partition coefficient (Wildman–Crippen LogP) is 0.122. The zero-order chi connectivity index (χ0) is 8.69. The Kier molecular flexibility index (Phi) is 10.1. The smallest absolute Gasteiger partial charge is 0.344 e. The Hall–Kier alpha value is -0.463. The fraction of sp³-hybridized carbons (Fsp3) is 0.714. The zero-order valence-corrected chi connectivity index (χ0v) is 7.75. The van der Waals surface area contributed by atoms with E-state index in [1.807, 2.05) is 6.92 Å². The molecule has 0 N–H and O–H groups in total. The van der Waals surface area contributed by atoms with E-state index < -0.39 is 11.9 Å². The first-order valence-corrected chi connectivity index (χ1v) is 3.45. The molecule has 0 fully saturated rings. The number of carbonyl (C=O) groups is 2. The van der Waals surface area contributed by atoms with Crippen molar-refractivity contribution in [2.24, 2.45) is 0 Å². The van der Waals surface area contributed by atoms with Gasteiger partial charge in [-0.15, -0.1) is 0 Å². The second-order valence-electron chi connectivity index (χ2n) is 2.00. The van der Waals surface area contributed by atoms with Gasteiger partial charge in [-0.2, -0.15) is 0 Å². The predicted molar refractivity (Wildman–Crippen MR) is 43.6 cm³/mol. The maximum atomic E-state index is 10.6. The van der Waals surface area contributed by atoms with Crippen molar-refractivity contribution in [3.05, 3.63) is 0 Å². The molecular weight excluding hydrogens is 155 g/mol. The van der Waals surface area contributed by atoms with Crippen molar-refractivity contribution >= 4 is 30.8 Å². The Morgan fingerprint density at radius 2 is 1.83 bits per heavy atom. The summed E-state index contributed by atoms with van der Waals surface area (Å²) in [6, 6.07) is 0. The molecule has 0 amide bonds. The van der Waals surface area contributed by atoms with Crippen LogP contribution in [0.2, 0.25) is 0 Å². The van der Waals surface area contributed by atoms with Crippen molar-refractivity contribution in [3.63, 3.8) is 0 Å². The van der Waals surface area contributed by atoms with Gasteiger partial charge in [-0.25, -0.2) is 4.79 Å². The molecule has 0 heterocycles. The maximum absolute atomic E-state index is 10.6. The Morgan fingerprint density at radius 3 is 2.25 bits per heavy atom. The molecule has 0 aliphatic rings. The van der Waals surface area contributed by atoms with Crippen LogP contribution in [0, 0.1) is 0 Å². The van der Waals surface area contributed by atoms with E-state index in [-0.39, 0.29) is 25.5 Å². The van der Waals surface area contributed by atoms with Gasteiger partial charge in [0.1, 0.15) is 0 Å². The van der Waals surface area contributed by atoms with Gasteiger partial charge >= 0.3 is 11.9 Å². The minimum absolute atomic E-state index is 0. The summed E-state index contributed by atoms with van der Waals surface area (Å²) in [5.74, 6) is -0.972. The first-order valence-electron chi connectivity index (χ1n) is 3.45. The molecule has 0 unspecified atom stereocenters. The normalized spacial score (nSPS) is 8.17. The van der Waals surface area contributed by atoms with Crippen molar-refractivity contribution in [1.82, 2.24) is 0 Å². The van der Waals surface area contributed by atoms with Gasteiger partial charge in [0, 0.05) is 25.8 Å². The van der Waals surface area contributed by atoms with E-state index in [1.165, 1.54) is 6.92 Å². The zero-order valence-electron chi connectivity index (χ0n) is 7.75. The number of rotatable bonds is 4. The van der Waals surface area contributed by atoms with Crippen LogP contribution in [-0.4, -0.2) is 44.0 Å². The van der Waals surface area contributed by atoms with Gasteiger partial charge in [0.2, 0.25) is 0 Å². The van der Waals surface area contributed by atoms with Crippen LogP contribution in [-0.2, 0) is 19.1 Å². The molecule has 0 saturated carbocycles. The van der Waals surface area contributed by atoms with Crippen LogP contribution in [0.4, 0.5) is 0 Å². The standard InChI is InChI=1S/C7H12O4.Li/c1-3-4-10-7(9)5-11-6(2)8;/h3-5H2,1-2H3;. The molecule has 0 aromatic carbocycles. The summed E-state index contributed by atoms with van der Waals surface area (Å²) in [7, 11) is 0. The van der Waals surface area contributed by atoms with Gasteiger partial charge in [0.15, 0.2) is 6.61 Å². The number of hydrogen-bond acceptors (Lipinski definition) is 4. The Bertz CT molecular complexity index is 146. The van der Waals surface area contributed by atoms with Gasteiger partial charge < -0.3 is 9.47 Å². The van der Waals surface area contributed by atoms with E-state index >= 15 is 0 Å². The van der Waals surface area contributed by atoms with Gasteiger partial charge in [0.25, 0.3) is 0 Å². The van der Waals surface area contributed by atoms with Crippen LogP contribution < -0.4 is 0 Å². The molecule has 1 radical (unpaired) electrons. The van der Waals surface area contributed by atoms with Gasteiger partial charge in [-0.1, -0.05) is 6.92 Å². The fourth-order valence-corrected chi connectivity index (χ4v) is 0.418. The number of carbonyl (C=O) groups excluding carboxylic acids is 2. The number of esters is 2. The molecule has 4 nitrogen and oxygen atoms in total. The minimum Gasteiger partial charge on any atom is -0.463 e. The molecule has 0 saturated heterocycles. The third-order valence-corrected chi connectivity index (χ3v) is 0.860. The molecule has 0 rings (SSSR count). The van der Waals surface area contributed by atoms with Crippen LogP contribution in [0.5, 0.6) is 0 Å². The van der Waals surface area contributed by atoms with Crippen molar-refractivity contribution < 1.29 is 19.1 Å². The van der Waals surface area contributed by atoms with E-state index in [4.69, 9.17) is 0 Å². The van der Waals surface area contributed by atoms with Crippen LogP contribution in [0.25, 0.3) is 0 Å². The third kappa shape index (κ3) is 9.54. The molecule has 0 atom stereocenters. The fourth-order valence-electron chi connectivity index (χ4n) is 0.418. The summed E-state index contributed by atoms with van der Waals surface area (Å²) in [5, 5.41) is 0. The van der Waals surface area contributed by atoms with Crippen LogP contribution in [0.15, 0.2) is 0 Å². The third-order valence-electron chi connectivity index (χ3n) is 0.860. The Balaban J connectivity index is 0. The van der Waals surface area contributed by atoms with E-state index in [1.54, 1.807) is 0 Å². The summed E-state index contributed by atoms with van der Waals surface area (Å²) in [4.78, 5) is 20.8. The van der Waals surface area contributed by atoms with Crippen LogP contribution >= 0.6 is 0 Å². The van der Waals surface area contributed by atoms with E-state index in [0.29, 0.717) is 6.61 Å². The van der Waals surface area contributed by atoms with Crippen molar-refractivity contribution in [2.45, 2.75) is 20.3 Å². The van der Waals surface area contributed by atoms with E-state index in [0.717, 1.165) is 6.42 Å². The topological polar surface area (TPSA) is 52.6 Å². The van der Waals surface area contributed by atoms with Crippen LogP contribution in [0.3, 0.4) is 0 Å². The Labute approximate surface area is 83.8 Å². The minimum atomic E-state index is -0.498. The average molecular weight is 167 g/mol. The van der Waals surface area contributed by atoms with Crippen LogP contribution in [0.1, 0.15) is 20.3 Å². The monoisotopic (exact) mass is 167 g/mol. The molecule has 0 aromatic rings. The number of ether oxygens (including phenoxy) is 2. The second kappa shape index (κ2) is 8.63. The number of hydrogen-bond donors (Lipinski definition) is 0. The van der Waals surface area contributed by atoms with E-state index in [9.17, 15) is 9.59 Å². The first-order chi connectivity index (χ1) is 5.16. The molecule has 0 aromatic heterocycles. The summed E-state index contributed by atoms with van der Waals surface area (Å²) in [5.41, 5.74) is 0. The summed E-state index contributed by atoms with van der Waals surface area (Å²) >= 11 is 0. The van der Waals surface area contributed by atoms with Crippen molar-refractivity contribution in [3.8, 4) is 0 Å². The summed E-state index contributed by atoms with van der Waals surface area (Å²) < 4.78 is 9.01. The molecule has 5 heteroatoms. The van der Waals surface area contributed by atoms with Gasteiger partial charge in [0.05, 0.1) is 6.61 Å². The van der Waals surface area contributed by atoms with E-state index in [2.05, 4.69) is 9.47 Å². The average Bonchev–Trinajstić information content (AvgIpc) is 1.97. The quantitative estimate of drug-likeness (QED) is 0.441. The van der Waals surface area contributed by atoms with Gasteiger partial charge in [-0.05, 0) is 6.42 Å². The molecule has 0 spiro atoms. The maximum Gasteiger partial charge on any atom is 0.344 e. The SMILES string of the molecule is CCCOC(=O)COC(C)=O.[Li]. The molecular formula is C7H12LiO4. The second-order valence-corrected chi connectivity index (χ2v) is 2.00. The molecule has 0 bridgehead atoms. The molecule has 0 aliphatic heterocycles.